The maximum absolute atomic E-state index is 12.7. The third-order valence-electron chi connectivity index (χ3n) is 4.20. The molecule has 0 saturated heterocycles. The largest absolute Gasteiger partial charge is 0.493 e. The van der Waals surface area contributed by atoms with E-state index in [-0.39, 0.29) is 5.91 Å². The summed E-state index contributed by atoms with van der Waals surface area (Å²) in [5, 5.41) is 2.57. The van der Waals surface area contributed by atoms with Crippen LogP contribution in [0.25, 0.3) is 10.6 Å². The molecule has 0 aliphatic rings. The first kappa shape index (κ1) is 19.9. The summed E-state index contributed by atoms with van der Waals surface area (Å²) in [4.78, 5) is 18.9. The van der Waals surface area contributed by atoms with Gasteiger partial charge in [-0.2, -0.15) is 0 Å². The van der Waals surface area contributed by atoms with Gasteiger partial charge in [0.05, 0.1) is 13.7 Å². The zero-order valence-corrected chi connectivity index (χ0v) is 17.2. The molecular weight excluding hydrogens is 372 g/mol. The summed E-state index contributed by atoms with van der Waals surface area (Å²) >= 11 is 1.44. The van der Waals surface area contributed by atoms with Gasteiger partial charge in [0.25, 0.3) is 5.91 Å². The molecule has 1 aromatic heterocycles. The second-order valence-corrected chi connectivity index (χ2v) is 7.26. The normalized spacial score (nSPS) is 10.5. The van der Waals surface area contributed by atoms with Crippen molar-refractivity contribution in [1.82, 2.24) is 9.88 Å². The van der Waals surface area contributed by atoms with Crippen LogP contribution in [0.3, 0.4) is 0 Å². The van der Waals surface area contributed by atoms with Crippen molar-refractivity contribution in [3.8, 4) is 22.1 Å². The first-order valence-corrected chi connectivity index (χ1v) is 10.1. The summed E-state index contributed by atoms with van der Waals surface area (Å²) in [5.74, 6) is 1.28. The van der Waals surface area contributed by atoms with Gasteiger partial charge in [0.2, 0.25) is 0 Å². The summed E-state index contributed by atoms with van der Waals surface area (Å²) in [6.45, 7) is 3.24. The van der Waals surface area contributed by atoms with Crippen molar-refractivity contribution < 1.29 is 14.3 Å². The standard InChI is InChI=1S/C22H24N2O3S/c1-4-12-27-19-11-10-17(13-20(19)26-3)21-23-18(15-28-21)22(25)24(2)14-16-8-6-5-7-9-16/h5-11,13,15H,4,12,14H2,1-3H3. The van der Waals surface area contributed by atoms with Gasteiger partial charge in [0, 0.05) is 24.5 Å². The van der Waals surface area contributed by atoms with Crippen molar-refractivity contribution >= 4 is 17.2 Å². The van der Waals surface area contributed by atoms with E-state index in [1.165, 1.54) is 11.3 Å². The lowest BCUT2D eigenvalue weighted by atomic mass is 10.2. The number of carbonyl (C=O) groups is 1. The number of benzene rings is 2. The molecule has 0 unspecified atom stereocenters. The minimum atomic E-state index is -0.0961. The van der Waals surface area contributed by atoms with E-state index in [1.54, 1.807) is 24.4 Å². The molecule has 0 radical (unpaired) electrons. The molecule has 0 saturated carbocycles. The second-order valence-electron chi connectivity index (χ2n) is 6.40. The molecule has 0 aliphatic carbocycles. The van der Waals surface area contributed by atoms with Crippen LogP contribution in [-0.4, -0.2) is 36.6 Å². The molecular formula is C22H24N2O3S. The summed E-state index contributed by atoms with van der Waals surface area (Å²) in [7, 11) is 3.41. The van der Waals surface area contributed by atoms with Crippen LogP contribution in [0.5, 0.6) is 11.5 Å². The summed E-state index contributed by atoms with van der Waals surface area (Å²) in [5.41, 5.74) is 2.43. The third-order valence-corrected chi connectivity index (χ3v) is 5.10. The van der Waals surface area contributed by atoms with Gasteiger partial charge in [0.1, 0.15) is 10.7 Å². The Morgan fingerprint density at radius 1 is 1.14 bits per heavy atom. The predicted octanol–water partition coefficient (Wildman–Crippen LogP) is 4.88. The van der Waals surface area contributed by atoms with Gasteiger partial charge >= 0.3 is 0 Å². The molecule has 28 heavy (non-hydrogen) atoms. The fraction of sp³-hybridized carbons (Fsp3) is 0.273. The number of aromatic nitrogens is 1. The number of thiazole rings is 1. The van der Waals surface area contributed by atoms with Gasteiger partial charge in [-0.3, -0.25) is 4.79 Å². The predicted molar refractivity (Wildman–Crippen MR) is 112 cm³/mol. The number of hydrogen-bond donors (Lipinski definition) is 0. The fourth-order valence-electron chi connectivity index (χ4n) is 2.76. The summed E-state index contributed by atoms with van der Waals surface area (Å²) in [6.07, 6.45) is 0.930. The Bertz CT molecular complexity index is 925. The third kappa shape index (κ3) is 4.70. The van der Waals surface area contributed by atoms with Crippen molar-refractivity contribution in [2.75, 3.05) is 20.8 Å². The van der Waals surface area contributed by atoms with Gasteiger partial charge in [-0.05, 0) is 30.2 Å². The topological polar surface area (TPSA) is 51.7 Å². The van der Waals surface area contributed by atoms with Crippen LogP contribution in [0.15, 0.2) is 53.9 Å². The molecule has 0 bridgehead atoms. The fourth-order valence-corrected chi connectivity index (χ4v) is 3.55. The highest BCUT2D eigenvalue weighted by Crippen LogP contribution is 2.34. The number of hydrogen-bond acceptors (Lipinski definition) is 5. The molecule has 0 spiro atoms. The van der Waals surface area contributed by atoms with Crippen molar-refractivity contribution in [2.24, 2.45) is 0 Å². The Kier molecular flexibility index (Phi) is 6.66. The molecule has 5 nitrogen and oxygen atoms in total. The van der Waals surface area contributed by atoms with E-state index in [4.69, 9.17) is 9.47 Å². The molecule has 2 aromatic carbocycles. The zero-order chi connectivity index (χ0) is 19.9. The molecule has 6 heteroatoms. The van der Waals surface area contributed by atoms with Gasteiger partial charge in [0.15, 0.2) is 11.5 Å². The minimum absolute atomic E-state index is 0.0961. The molecule has 146 valence electrons. The second kappa shape index (κ2) is 9.37. The number of methoxy groups -OCH3 is 1. The number of carbonyl (C=O) groups excluding carboxylic acids is 1. The highest BCUT2D eigenvalue weighted by atomic mass is 32.1. The molecule has 1 amide bonds. The van der Waals surface area contributed by atoms with Crippen LogP contribution in [0, 0.1) is 0 Å². The number of ether oxygens (including phenoxy) is 2. The van der Waals surface area contributed by atoms with Crippen LogP contribution in [0.4, 0.5) is 0 Å². The van der Waals surface area contributed by atoms with Crippen molar-refractivity contribution in [1.29, 1.82) is 0 Å². The van der Waals surface area contributed by atoms with Crippen LogP contribution >= 0.6 is 11.3 Å². The van der Waals surface area contributed by atoms with Crippen LogP contribution < -0.4 is 9.47 Å². The number of rotatable bonds is 8. The van der Waals surface area contributed by atoms with E-state index in [0.717, 1.165) is 22.6 Å². The Balaban J connectivity index is 1.75. The minimum Gasteiger partial charge on any atom is -0.493 e. The van der Waals surface area contributed by atoms with E-state index in [1.807, 2.05) is 48.5 Å². The first-order valence-electron chi connectivity index (χ1n) is 9.18. The van der Waals surface area contributed by atoms with Crippen LogP contribution in [0.1, 0.15) is 29.4 Å². The highest BCUT2D eigenvalue weighted by molar-refractivity contribution is 7.13. The van der Waals surface area contributed by atoms with E-state index < -0.39 is 0 Å². The number of amides is 1. The average Bonchev–Trinajstić information content (AvgIpc) is 3.22. The van der Waals surface area contributed by atoms with E-state index in [9.17, 15) is 4.79 Å². The average molecular weight is 397 g/mol. The molecule has 0 fully saturated rings. The monoisotopic (exact) mass is 396 g/mol. The number of nitrogens with zero attached hydrogens (tertiary/aromatic N) is 2. The van der Waals surface area contributed by atoms with Gasteiger partial charge in [-0.15, -0.1) is 11.3 Å². The highest BCUT2D eigenvalue weighted by Gasteiger charge is 2.17. The Labute approximate surface area is 169 Å². The Morgan fingerprint density at radius 2 is 1.93 bits per heavy atom. The van der Waals surface area contributed by atoms with Gasteiger partial charge in [-0.1, -0.05) is 37.3 Å². The lowest BCUT2D eigenvalue weighted by molar-refractivity contribution is 0.0780. The quantitative estimate of drug-likeness (QED) is 0.545. The van der Waals surface area contributed by atoms with Crippen molar-refractivity contribution in [3.63, 3.8) is 0 Å². The summed E-state index contributed by atoms with van der Waals surface area (Å²) < 4.78 is 11.1. The lowest BCUT2D eigenvalue weighted by Gasteiger charge is -2.15. The van der Waals surface area contributed by atoms with Crippen molar-refractivity contribution in [2.45, 2.75) is 19.9 Å². The summed E-state index contributed by atoms with van der Waals surface area (Å²) in [6, 6.07) is 15.6. The first-order chi connectivity index (χ1) is 13.6. The molecule has 3 aromatic rings. The molecule has 0 atom stereocenters. The molecule has 3 rings (SSSR count). The van der Waals surface area contributed by atoms with Gasteiger partial charge in [-0.25, -0.2) is 4.98 Å². The van der Waals surface area contributed by atoms with E-state index >= 15 is 0 Å². The van der Waals surface area contributed by atoms with Crippen molar-refractivity contribution in [3.05, 3.63) is 65.2 Å². The maximum Gasteiger partial charge on any atom is 0.273 e. The molecule has 0 N–H and O–H groups in total. The zero-order valence-electron chi connectivity index (χ0n) is 16.3. The Hall–Kier alpha value is -2.86. The SMILES string of the molecule is CCCOc1ccc(-c2nc(C(=O)N(C)Cc3ccccc3)cs2)cc1OC. The van der Waals surface area contributed by atoms with E-state index in [0.29, 0.717) is 30.3 Å². The smallest absolute Gasteiger partial charge is 0.273 e. The van der Waals surface area contributed by atoms with E-state index in [2.05, 4.69) is 11.9 Å². The Morgan fingerprint density at radius 3 is 2.64 bits per heavy atom. The van der Waals surface area contributed by atoms with Gasteiger partial charge < -0.3 is 14.4 Å². The lowest BCUT2D eigenvalue weighted by Crippen LogP contribution is -2.26. The maximum atomic E-state index is 12.7. The van der Waals surface area contributed by atoms with Crippen LogP contribution in [0.2, 0.25) is 0 Å². The molecule has 0 aliphatic heterocycles. The van der Waals surface area contributed by atoms with Crippen LogP contribution in [-0.2, 0) is 6.54 Å². The molecule has 1 heterocycles.